The predicted octanol–water partition coefficient (Wildman–Crippen LogP) is 0.154. The van der Waals surface area contributed by atoms with Crippen molar-refractivity contribution >= 4 is 18.3 Å². The standard InChI is InChI=1S/C6H14N2O.ClH/c1-7-5-3-4-6(9)8-2;/h7H,3-5H2,1-2H3,(H,8,9);1H. The molecule has 0 aromatic carbocycles. The van der Waals surface area contributed by atoms with E-state index < -0.39 is 0 Å². The van der Waals surface area contributed by atoms with Crippen LogP contribution in [0, 0.1) is 0 Å². The van der Waals surface area contributed by atoms with Crippen molar-refractivity contribution in [3.05, 3.63) is 0 Å². The van der Waals surface area contributed by atoms with Gasteiger partial charge in [0.1, 0.15) is 0 Å². The van der Waals surface area contributed by atoms with Gasteiger partial charge in [0.05, 0.1) is 0 Å². The molecule has 0 atom stereocenters. The summed E-state index contributed by atoms with van der Waals surface area (Å²) in [7, 11) is 3.53. The van der Waals surface area contributed by atoms with Crippen LogP contribution in [0.2, 0.25) is 0 Å². The van der Waals surface area contributed by atoms with Gasteiger partial charge >= 0.3 is 0 Å². The van der Waals surface area contributed by atoms with Gasteiger partial charge < -0.3 is 10.6 Å². The number of carbonyl (C=O) groups excluding carboxylic acids is 1. The summed E-state index contributed by atoms with van der Waals surface area (Å²) in [6.45, 7) is 0.910. The molecule has 0 saturated heterocycles. The van der Waals surface area contributed by atoms with Crippen LogP contribution in [0.3, 0.4) is 0 Å². The van der Waals surface area contributed by atoms with Crippen molar-refractivity contribution < 1.29 is 4.79 Å². The number of hydrogen-bond acceptors (Lipinski definition) is 2. The van der Waals surface area contributed by atoms with Crippen LogP contribution in [-0.4, -0.2) is 26.5 Å². The highest BCUT2D eigenvalue weighted by Crippen LogP contribution is 1.84. The third-order valence-electron chi connectivity index (χ3n) is 1.11. The molecular formula is C6H15ClN2O. The molecule has 0 aromatic rings. The lowest BCUT2D eigenvalue weighted by Crippen LogP contribution is -2.19. The van der Waals surface area contributed by atoms with Gasteiger partial charge in [-0.15, -0.1) is 12.4 Å². The zero-order valence-electron chi connectivity index (χ0n) is 6.44. The van der Waals surface area contributed by atoms with Crippen LogP contribution in [0.15, 0.2) is 0 Å². The molecule has 0 aliphatic rings. The minimum atomic E-state index is 0. The van der Waals surface area contributed by atoms with Gasteiger partial charge in [0.15, 0.2) is 0 Å². The van der Waals surface area contributed by atoms with Crippen molar-refractivity contribution in [2.24, 2.45) is 0 Å². The van der Waals surface area contributed by atoms with Gasteiger partial charge in [-0.3, -0.25) is 4.79 Å². The Morgan fingerprint density at radius 2 is 2.00 bits per heavy atom. The first-order chi connectivity index (χ1) is 4.31. The van der Waals surface area contributed by atoms with Crippen molar-refractivity contribution in [2.75, 3.05) is 20.6 Å². The lowest BCUT2D eigenvalue weighted by Gasteiger charge is -1.97. The van der Waals surface area contributed by atoms with Gasteiger partial charge in [-0.25, -0.2) is 0 Å². The smallest absolute Gasteiger partial charge is 0.219 e. The van der Waals surface area contributed by atoms with Crippen molar-refractivity contribution in [3.63, 3.8) is 0 Å². The maximum atomic E-state index is 10.5. The minimum Gasteiger partial charge on any atom is -0.359 e. The van der Waals surface area contributed by atoms with E-state index in [1.54, 1.807) is 7.05 Å². The van der Waals surface area contributed by atoms with E-state index in [9.17, 15) is 4.79 Å². The molecule has 0 aromatic heterocycles. The van der Waals surface area contributed by atoms with E-state index in [0.717, 1.165) is 13.0 Å². The van der Waals surface area contributed by atoms with Crippen LogP contribution in [0.25, 0.3) is 0 Å². The van der Waals surface area contributed by atoms with E-state index in [4.69, 9.17) is 0 Å². The summed E-state index contributed by atoms with van der Waals surface area (Å²) >= 11 is 0. The van der Waals surface area contributed by atoms with Crippen molar-refractivity contribution in [1.29, 1.82) is 0 Å². The second kappa shape index (κ2) is 8.72. The van der Waals surface area contributed by atoms with Crippen molar-refractivity contribution in [2.45, 2.75) is 12.8 Å². The lowest BCUT2D eigenvalue weighted by molar-refractivity contribution is -0.120. The van der Waals surface area contributed by atoms with Crippen LogP contribution in [0.5, 0.6) is 0 Å². The molecule has 0 rings (SSSR count). The number of halogens is 1. The molecule has 0 saturated carbocycles. The molecule has 0 aliphatic heterocycles. The summed E-state index contributed by atoms with van der Waals surface area (Å²) in [6, 6.07) is 0. The highest BCUT2D eigenvalue weighted by atomic mass is 35.5. The first-order valence-electron chi connectivity index (χ1n) is 3.16. The number of rotatable bonds is 4. The van der Waals surface area contributed by atoms with Gasteiger partial charge in [0.25, 0.3) is 0 Å². The lowest BCUT2D eigenvalue weighted by atomic mass is 10.3. The first kappa shape index (κ1) is 12.4. The highest BCUT2D eigenvalue weighted by Gasteiger charge is 1.93. The Hall–Kier alpha value is -0.280. The zero-order chi connectivity index (χ0) is 7.11. The molecule has 0 unspecified atom stereocenters. The van der Waals surface area contributed by atoms with Crippen LogP contribution in [0.1, 0.15) is 12.8 Å². The Bertz CT molecular complexity index is 87.8. The Morgan fingerprint density at radius 1 is 1.40 bits per heavy atom. The molecule has 0 radical (unpaired) electrons. The van der Waals surface area contributed by atoms with Crippen LogP contribution in [0.4, 0.5) is 0 Å². The zero-order valence-corrected chi connectivity index (χ0v) is 7.25. The average Bonchev–Trinajstić information content (AvgIpc) is 1.89. The van der Waals surface area contributed by atoms with Crippen LogP contribution >= 0.6 is 12.4 Å². The molecule has 0 fully saturated rings. The van der Waals surface area contributed by atoms with Gasteiger partial charge in [0, 0.05) is 13.5 Å². The van der Waals surface area contributed by atoms with Gasteiger partial charge in [0.2, 0.25) is 5.91 Å². The Balaban J connectivity index is 0. The quantitative estimate of drug-likeness (QED) is 0.584. The molecule has 2 N–H and O–H groups in total. The van der Waals surface area contributed by atoms with Crippen LogP contribution < -0.4 is 10.6 Å². The molecule has 0 aliphatic carbocycles. The molecule has 62 valence electrons. The predicted molar refractivity (Wildman–Crippen MR) is 44.5 cm³/mol. The third-order valence-corrected chi connectivity index (χ3v) is 1.11. The first-order valence-corrected chi connectivity index (χ1v) is 3.16. The van der Waals surface area contributed by atoms with E-state index in [0.29, 0.717) is 6.42 Å². The fourth-order valence-electron chi connectivity index (χ4n) is 0.551. The Kier molecular flexibility index (Phi) is 10.8. The maximum absolute atomic E-state index is 10.5. The molecule has 0 spiro atoms. The van der Waals surface area contributed by atoms with E-state index in [-0.39, 0.29) is 18.3 Å². The summed E-state index contributed by atoms with van der Waals surface area (Å²) in [5, 5.41) is 5.52. The van der Waals surface area contributed by atoms with E-state index in [2.05, 4.69) is 10.6 Å². The van der Waals surface area contributed by atoms with E-state index >= 15 is 0 Å². The minimum absolute atomic E-state index is 0. The molecule has 1 amide bonds. The number of hydrogen-bond donors (Lipinski definition) is 2. The van der Waals surface area contributed by atoms with Gasteiger partial charge in [-0.1, -0.05) is 0 Å². The van der Waals surface area contributed by atoms with E-state index in [1.807, 2.05) is 7.05 Å². The maximum Gasteiger partial charge on any atom is 0.219 e. The third kappa shape index (κ3) is 7.72. The van der Waals surface area contributed by atoms with Crippen molar-refractivity contribution in [3.8, 4) is 0 Å². The highest BCUT2D eigenvalue weighted by molar-refractivity contribution is 5.85. The summed E-state index contributed by atoms with van der Waals surface area (Å²) in [5.74, 6) is 0.116. The Labute approximate surface area is 68.0 Å². The fourth-order valence-corrected chi connectivity index (χ4v) is 0.551. The molecule has 0 heterocycles. The van der Waals surface area contributed by atoms with Crippen molar-refractivity contribution in [1.82, 2.24) is 10.6 Å². The topological polar surface area (TPSA) is 41.1 Å². The molecule has 10 heavy (non-hydrogen) atoms. The largest absolute Gasteiger partial charge is 0.359 e. The molecular weight excluding hydrogens is 152 g/mol. The molecule has 3 nitrogen and oxygen atoms in total. The van der Waals surface area contributed by atoms with Gasteiger partial charge in [-0.2, -0.15) is 0 Å². The summed E-state index contributed by atoms with van der Waals surface area (Å²) < 4.78 is 0. The Morgan fingerprint density at radius 3 is 2.40 bits per heavy atom. The van der Waals surface area contributed by atoms with Gasteiger partial charge in [-0.05, 0) is 20.0 Å². The monoisotopic (exact) mass is 166 g/mol. The van der Waals surface area contributed by atoms with Crippen LogP contribution in [-0.2, 0) is 4.79 Å². The summed E-state index contributed by atoms with van der Waals surface area (Å²) in [5.41, 5.74) is 0. The van der Waals surface area contributed by atoms with E-state index in [1.165, 1.54) is 0 Å². The number of nitrogens with one attached hydrogen (secondary N) is 2. The normalized spacial score (nSPS) is 8.20. The fraction of sp³-hybridized carbons (Fsp3) is 0.833. The number of amides is 1. The molecule has 4 heteroatoms. The number of carbonyl (C=O) groups is 1. The SMILES string of the molecule is CNCCCC(=O)NC.Cl. The average molecular weight is 167 g/mol. The summed E-state index contributed by atoms with van der Waals surface area (Å²) in [4.78, 5) is 10.5. The second-order valence-electron chi connectivity index (χ2n) is 1.88. The molecule has 0 bridgehead atoms. The second-order valence-corrected chi connectivity index (χ2v) is 1.88. The summed E-state index contributed by atoms with van der Waals surface area (Å²) in [6.07, 6.45) is 1.54.